The van der Waals surface area contributed by atoms with Gasteiger partial charge in [-0.3, -0.25) is 4.98 Å². The number of aromatic nitrogens is 4. The predicted molar refractivity (Wildman–Crippen MR) is 101 cm³/mol. The molecule has 0 N–H and O–H groups in total. The Morgan fingerprint density at radius 1 is 1.27 bits per heavy atom. The topological polar surface area (TPSA) is 92.2 Å². The van der Waals surface area contributed by atoms with Crippen LogP contribution in [-0.4, -0.2) is 66.3 Å². The summed E-state index contributed by atoms with van der Waals surface area (Å²) in [6, 6.07) is 3.93. The average Bonchev–Trinajstić information content (AvgIpc) is 3.01. The molecule has 1 fully saturated rings. The molecule has 140 valence electrons. The second-order valence-corrected chi connectivity index (χ2v) is 8.71. The first-order valence-corrected chi connectivity index (χ1v) is 10.6. The van der Waals surface area contributed by atoms with Crippen molar-refractivity contribution in [3.8, 4) is 0 Å². The Kier molecular flexibility index (Phi) is 5.65. The van der Waals surface area contributed by atoms with Crippen LogP contribution in [0, 0.1) is 0 Å². The molecule has 2 aromatic rings. The molecule has 1 unspecified atom stereocenters. The van der Waals surface area contributed by atoms with Crippen LogP contribution < -0.4 is 9.80 Å². The molecule has 3 heterocycles. The average molecular weight is 376 g/mol. The van der Waals surface area contributed by atoms with Gasteiger partial charge in [0.05, 0.1) is 17.7 Å². The van der Waals surface area contributed by atoms with Crippen LogP contribution in [0.1, 0.15) is 18.9 Å². The molecule has 0 spiro atoms. The second-order valence-electron chi connectivity index (χ2n) is 6.48. The van der Waals surface area contributed by atoms with Crippen LogP contribution in [0.3, 0.4) is 0 Å². The zero-order valence-electron chi connectivity index (χ0n) is 15.1. The second kappa shape index (κ2) is 7.94. The van der Waals surface area contributed by atoms with Crippen LogP contribution in [0.4, 0.5) is 11.8 Å². The van der Waals surface area contributed by atoms with Gasteiger partial charge in [-0.05, 0) is 37.5 Å². The van der Waals surface area contributed by atoms with Gasteiger partial charge in [0, 0.05) is 38.6 Å². The number of sulfone groups is 1. The van der Waals surface area contributed by atoms with Crippen LogP contribution in [-0.2, 0) is 16.3 Å². The first-order valence-electron chi connectivity index (χ1n) is 8.75. The van der Waals surface area contributed by atoms with Crippen LogP contribution in [0.25, 0.3) is 0 Å². The van der Waals surface area contributed by atoms with Gasteiger partial charge in [0.2, 0.25) is 5.95 Å². The minimum absolute atomic E-state index is 0.0447. The van der Waals surface area contributed by atoms with Crippen molar-refractivity contribution >= 4 is 21.6 Å². The number of hydrogen-bond acceptors (Lipinski definition) is 8. The van der Waals surface area contributed by atoms with E-state index in [1.165, 1.54) is 5.56 Å². The molecular weight excluding hydrogens is 352 g/mol. The molecule has 1 aliphatic rings. The molecule has 26 heavy (non-hydrogen) atoms. The first-order chi connectivity index (χ1) is 12.5. The summed E-state index contributed by atoms with van der Waals surface area (Å²) in [5.41, 5.74) is 1.20. The van der Waals surface area contributed by atoms with Gasteiger partial charge in [0.15, 0.2) is 15.7 Å². The highest BCUT2D eigenvalue weighted by Crippen LogP contribution is 2.23. The van der Waals surface area contributed by atoms with Gasteiger partial charge >= 0.3 is 0 Å². The Labute approximate surface area is 154 Å². The lowest BCUT2D eigenvalue weighted by molar-refractivity contribution is 0.599. The van der Waals surface area contributed by atoms with Crippen molar-refractivity contribution in [1.82, 2.24) is 20.2 Å². The van der Waals surface area contributed by atoms with Crippen molar-refractivity contribution in [2.24, 2.45) is 0 Å². The molecule has 0 aromatic carbocycles. The summed E-state index contributed by atoms with van der Waals surface area (Å²) < 4.78 is 23.6. The highest BCUT2D eigenvalue weighted by atomic mass is 32.2. The molecule has 0 radical (unpaired) electrons. The zero-order chi connectivity index (χ0) is 18.6. The van der Waals surface area contributed by atoms with E-state index in [2.05, 4.69) is 20.2 Å². The summed E-state index contributed by atoms with van der Waals surface area (Å²) in [6.45, 7) is 3.43. The summed E-state index contributed by atoms with van der Waals surface area (Å²) in [6.07, 6.45) is 6.65. The standard InChI is InChI=1S/C17H24N6O2S/c1-3-23(15-7-11-26(24,25)13-15)16-12-19-21-17(20-16)22(2)10-6-14-4-8-18-9-5-14/h4-5,8-9,12,15H,3,6-7,10-11,13H2,1-2H3. The number of hydrogen-bond donors (Lipinski definition) is 0. The Balaban J connectivity index is 1.70. The minimum Gasteiger partial charge on any atom is -0.351 e. The van der Waals surface area contributed by atoms with Gasteiger partial charge in [0.25, 0.3) is 0 Å². The van der Waals surface area contributed by atoms with Gasteiger partial charge in [0.1, 0.15) is 0 Å². The summed E-state index contributed by atoms with van der Waals surface area (Å²) in [5.74, 6) is 1.63. The summed E-state index contributed by atoms with van der Waals surface area (Å²) in [7, 11) is -1.02. The van der Waals surface area contributed by atoms with E-state index in [1.54, 1.807) is 18.6 Å². The fourth-order valence-electron chi connectivity index (χ4n) is 3.16. The van der Waals surface area contributed by atoms with E-state index in [4.69, 9.17) is 0 Å². The molecule has 8 nitrogen and oxygen atoms in total. The van der Waals surface area contributed by atoms with Gasteiger partial charge in [-0.2, -0.15) is 10.1 Å². The van der Waals surface area contributed by atoms with Crippen molar-refractivity contribution in [3.05, 3.63) is 36.3 Å². The van der Waals surface area contributed by atoms with Crippen molar-refractivity contribution in [3.63, 3.8) is 0 Å². The molecule has 3 rings (SSSR count). The largest absolute Gasteiger partial charge is 0.351 e. The number of nitrogens with zero attached hydrogens (tertiary/aromatic N) is 6. The fourth-order valence-corrected chi connectivity index (χ4v) is 4.89. The Bertz CT molecular complexity index is 830. The molecule has 1 aliphatic heterocycles. The highest BCUT2D eigenvalue weighted by molar-refractivity contribution is 7.91. The van der Waals surface area contributed by atoms with E-state index < -0.39 is 9.84 Å². The Morgan fingerprint density at radius 3 is 2.69 bits per heavy atom. The SMILES string of the molecule is CCN(c1cnnc(N(C)CCc2ccncc2)n1)C1CCS(=O)(=O)C1. The van der Waals surface area contributed by atoms with E-state index in [0.717, 1.165) is 13.0 Å². The van der Waals surface area contributed by atoms with E-state index >= 15 is 0 Å². The predicted octanol–water partition coefficient (Wildman–Crippen LogP) is 0.959. The number of pyridine rings is 1. The molecular formula is C17H24N6O2S. The molecule has 0 bridgehead atoms. The summed E-state index contributed by atoms with van der Waals surface area (Å²) in [4.78, 5) is 12.6. The maximum Gasteiger partial charge on any atom is 0.247 e. The molecule has 1 atom stereocenters. The Morgan fingerprint density at radius 2 is 2.04 bits per heavy atom. The summed E-state index contributed by atoms with van der Waals surface area (Å²) in [5, 5.41) is 8.21. The van der Waals surface area contributed by atoms with Gasteiger partial charge < -0.3 is 9.80 Å². The highest BCUT2D eigenvalue weighted by Gasteiger charge is 2.32. The lowest BCUT2D eigenvalue weighted by Crippen LogP contribution is -2.37. The van der Waals surface area contributed by atoms with Crippen molar-refractivity contribution in [2.75, 3.05) is 41.4 Å². The molecule has 0 aliphatic carbocycles. The van der Waals surface area contributed by atoms with Crippen molar-refractivity contribution in [2.45, 2.75) is 25.8 Å². The number of rotatable bonds is 7. The van der Waals surface area contributed by atoms with E-state index in [-0.39, 0.29) is 17.5 Å². The van der Waals surface area contributed by atoms with Crippen LogP contribution in [0.2, 0.25) is 0 Å². The van der Waals surface area contributed by atoms with Gasteiger partial charge in [-0.25, -0.2) is 8.42 Å². The quantitative estimate of drug-likeness (QED) is 0.705. The summed E-state index contributed by atoms with van der Waals surface area (Å²) >= 11 is 0. The van der Waals surface area contributed by atoms with Crippen molar-refractivity contribution < 1.29 is 8.42 Å². The molecule has 9 heteroatoms. The molecule has 0 saturated carbocycles. The van der Waals surface area contributed by atoms with Gasteiger partial charge in [-0.15, -0.1) is 5.10 Å². The molecule has 1 saturated heterocycles. The van der Waals surface area contributed by atoms with E-state index in [0.29, 0.717) is 24.7 Å². The smallest absolute Gasteiger partial charge is 0.247 e. The lowest BCUT2D eigenvalue weighted by atomic mass is 10.2. The monoisotopic (exact) mass is 376 g/mol. The lowest BCUT2D eigenvalue weighted by Gasteiger charge is -2.28. The number of likely N-dealkylation sites (N-methyl/N-ethyl adjacent to an activating group) is 1. The van der Waals surface area contributed by atoms with E-state index in [9.17, 15) is 8.42 Å². The first kappa shape index (κ1) is 18.5. The van der Waals surface area contributed by atoms with Crippen LogP contribution >= 0.6 is 0 Å². The fraction of sp³-hybridized carbons (Fsp3) is 0.529. The van der Waals surface area contributed by atoms with Crippen molar-refractivity contribution in [1.29, 1.82) is 0 Å². The van der Waals surface area contributed by atoms with Crippen LogP contribution in [0.15, 0.2) is 30.7 Å². The Hall–Kier alpha value is -2.29. The third-order valence-corrected chi connectivity index (χ3v) is 6.40. The minimum atomic E-state index is -2.95. The molecule has 2 aromatic heterocycles. The molecule has 0 amide bonds. The normalized spacial score (nSPS) is 18.6. The zero-order valence-corrected chi connectivity index (χ0v) is 15.9. The number of anilines is 2. The maximum absolute atomic E-state index is 11.8. The third-order valence-electron chi connectivity index (χ3n) is 4.65. The van der Waals surface area contributed by atoms with Gasteiger partial charge in [-0.1, -0.05) is 0 Å². The van der Waals surface area contributed by atoms with E-state index in [1.807, 2.05) is 35.9 Å². The van der Waals surface area contributed by atoms with Crippen LogP contribution in [0.5, 0.6) is 0 Å². The third kappa shape index (κ3) is 4.46. The maximum atomic E-state index is 11.8.